The lowest BCUT2D eigenvalue weighted by Gasteiger charge is -2.45. The summed E-state index contributed by atoms with van der Waals surface area (Å²) in [6, 6.07) is 3.95. The Morgan fingerprint density at radius 2 is 2.14 bits per heavy atom. The second-order valence-corrected chi connectivity index (χ2v) is 6.76. The molecule has 3 rings (SSSR count). The summed E-state index contributed by atoms with van der Waals surface area (Å²) in [6.07, 6.45) is 4.57. The van der Waals surface area contributed by atoms with E-state index in [1.807, 2.05) is 19.1 Å². The number of aliphatic hydroxyl groups is 1. The molecule has 1 saturated heterocycles. The molecular weight excluding hydrogens is 278 g/mol. The molecule has 2 aromatic heterocycles. The summed E-state index contributed by atoms with van der Waals surface area (Å²) in [5.41, 5.74) is 0.234. The van der Waals surface area contributed by atoms with Crippen LogP contribution in [0.2, 0.25) is 0 Å². The number of fused-ring (bicyclic) bond motifs is 1. The number of hydrogen-bond acceptors (Lipinski definition) is 5. The lowest BCUT2D eigenvalue weighted by atomic mass is 9.97. The number of rotatable bonds is 5. The minimum absolute atomic E-state index is 0.591. The molecule has 1 N–H and O–H groups in total. The predicted molar refractivity (Wildman–Crippen MR) is 87.3 cm³/mol. The molecule has 2 aromatic rings. The molecule has 0 spiro atoms. The average molecular weight is 301 g/mol. The third-order valence-corrected chi connectivity index (χ3v) is 3.88. The van der Waals surface area contributed by atoms with Gasteiger partial charge in [-0.2, -0.15) is 0 Å². The standard InChI is InChI=1S/C17H23N3O2/c1-12(2)5-7-22-14-8-13-4-6-18-16(15(13)19-9-14)20-10-17(3,21)11-20/h4,6,8-9,12,21H,5,7,10-11H2,1-3H3. The second-order valence-electron chi connectivity index (χ2n) is 6.76. The summed E-state index contributed by atoms with van der Waals surface area (Å²) >= 11 is 0. The molecule has 0 unspecified atom stereocenters. The van der Waals surface area contributed by atoms with E-state index in [0.717, 1.165) is 28.9 Å². The highest BCUT2D eigenvalue weighted by Crippen LogP contribution is 2.31. The van der Waals surface area contributed by atoms with Crippen LogP contribution < -0.4 is 9.64 Å². The van der Waals surface area contributed by atoms with Crippen molar-refractivity contribution in [3.63, 3.8) is 0 Å². The van der Waals surface area contributed by atoms with Crippen molar-refractivity contribution in [1.82, 2.24) is 9.97 Å². The fourth-order valence-electron chi connectivity index (χ4n) is 2.67. The predicted octanol–water partition coefficient (Wildman–Crippen LogP) is 2.63. The molecule has 0 amide bonds. The molecule has 1 fully saturated rings. The molecule has 1 aliphatic rings. The van der Waals surface area contributed by atoms with E-state index in [1.165, 1.54) is 0 Å². The molecule has 5 nitrogen and oxygen atoms in total. The zero-order valence-electron chi connectivity index (χ0n) is 13.4. The van der Waals surface area contributed by atoms with Gasteiger partial charge in [-0.05, 0) is 31.4 Å². The molecule has 22 heavy (non-hydrogen) atoms. The summed E-state index contributed by atoms with van der Waals surface area (Å²) in [5, 5.41) is 10.9. The first-order chi connectivity index (χ1) is 10.4. The molecule has 1 aliphatic heterocycles. The smallest absolute Gasteiger partial charge is 0.155 e. The van der Waals surface area contributed by atoms with Crippen LogP contribution in [0.25, 0.3) is 10.9 Å². The van der Waals surface area contributed by atoms with E-state index in [2.05, 4.69) is 28.7 Å². The van der Waals surface area contributed by atoms with Gasteiger partial charge in [0.2, 0.25) is 0 Å². The summed E-state index contributed by atoms with van der Waals surface area (Å²) < 4.78 is 5.76. The van der Waals surface area contributed by atoms with Gasteiger partial charge in [0.15, 0.2) is 5.82 Å². The third kappa shape index (κ3) is 3.14. The topological polar surface area (TPSA) is 58.5 Å². The molecule has 0 saturated carbocycles. The van der Waals surface area contributed by atoms with Crippen molar-refractivity contribution in [2.75, 3.05) is 24.6 Å². The van der Waals surface area contributed by atoms with Crippen molar-refractivity contribution in [1.29, 1.82) is 0 Å². The van der Waals surface area contributed by atoms with E-state index in [9.17, 15) is 5.11 Å². The van der Waals surface area contributed by atoms with E-state index in [0.29, 0.717) is 25.6 Å². The molecule has 3 heterocycles. The van der Waals surface area contributed by atoms with Gasteiger partial charge in [0, 0.05) is 24.7 Å². The van der Waals surface area contributed by atoms with E-state index < -0.39 is 5.60 Å². The summed E-state index contributed by atoms with van der Waals surface area (Å²) in [5.74, 6) is 2.25. The van der Waals surface area contributed by atoms with Crippen LogP contribution in [0.5, 0.6) is 5.75 Å². The number of anilines is 1. The lowest BCUT2D eigenvalue weighted by Crippen LogP contribution is -2.60. The van der Waals surface area contributed by atoms with Gasteiger partial charge < -0.3 is 14.7 Å². The lowest BCUT2D eigenvalue weighted by molar-refractivity contribution is 0.0307. The maximum Gasteiger partial charge on any atom is 0.155 e. The number of β-amino-alcohol motifs (C(OH)–C–C–N with tert-alkyl or cyclic N) is 1. The number of ether oxygens (including phenoxy) is 1. The maximum absolute atomic E-state index is 9.89. The van der Waals surface area contributed by atoms with E-state index in [-0.39, 0.29) is 0 Å². The Morgan fingerprint density at radius 3 is 2.82 bits per heavy atom. The minimum atomic E-state index is -0.621. The Morgan fingerprint density at radius 1 is 1.36 bits per heavy atom. The van der Waals surface area contributed by atoms with Crippen LogP contribution in [0, 0.1) is 5.92 Å². The van der Waals surface area contributed by atoms with Crippen LogP contribution in [0.3, 0.4) is 0 Å². The fourth-order valence-corrected chi connectivity index (χ4v) is 2.67. The van der Waals surface area contributed by atoms with Gasteiger partial charge in [-0.3, -0.25) is 0 Å². The van der Waals surface area contributed by atoms with Crippen LogP contribution >= 0.6 is 0 Å². The molecule has 0 radical (unpaired) electrons. The normalized spacial score (nSPS) is 16.9. The fraction of sp³-hybridized carbons (Fsp3) is 0.529. The van der Waals surface area contributed by atoms with Gasteiger partial charge in [0.1, 0.15) is 11.3 Å². The SMILES string of the molecule is CC(C)CCOc1cnc2c(N3CC(C)(O)C3)nccc2c1. The van der Waals surface area contributed by atoms with Crippen LogP contribution in [-0.4, -0.2) is 40.4 Å². The summed E-state index contributed by atoms with van der Waals surface area (Å²) in [7, 11) is 0. The van der Waals surface area contributed by atoms with E-state index in [1.54, 1.807) is 12.4 Å². The third-order valence-electron chi connectivity index (χ3n) is 3.88. The first-order valence-electron chi connectivity index (χ1n) is 7.79. The Bertz CT molecular complexity index is 662. The van der Waals surface area contributed by atoms with Crippen molar-refractivity contribution < 1.29 is 9.84 Å². The molecule has 0 atom stereocenters. The van der Waals surface area contributed by atoms with Crippen molar-refractivity contribution in [3.8, 4) is 5.75 Å². The van der Waals surface area contributed by atoms with Crippen LogP contribution in [0.4, 0.5) is 5.82 Å². The quantitative estimate of drug-likeness (QED) is 0.920. The number of aromatic nitrogens is 2. The minimum Gasteiger partial charge on any atom is -0.492 e. The summed E-state index contributed by atoms with van der Waals surface area (Å²) in [6.45, 7) is 8.09. The van der Waals surface area contributed by atoms with E-state index in [4.69, 9.17) is 4.74 Å². The Labute approximate surface area is 130 Å². The van der Waals surface area contributed by atoms with Gasteiger partial charge >= 0.3 is 0 Å². The number of nitrogens with zero attached hydrogens (tertiary/aromatic N) is 3. The Hall–Kier alpha value is -1.88. The van der Waals surface area contributed by atoms with Gasteiger partial charge in [-0.25, -0.2) is 9.97 Å². The molecule has 5 heteroatoms. The second kappa shape index (κ2) is 5.72. The zero-order valence-corrected chi connectivity index (χ0v) is 13.4. The molecular formula is C17H23N3O2. The van der Waals surface area contributed by atoms with Crippen molar-refractivity contribution in [2.24, 2.45) is 5.92 Å². The van der Waals surface area contributed by atoms with Crippen LogP contribution in [0.15, 0.2) is 24.5 Å². The summed E-state index contributed by atoms with van der Waals surface area (Å²) in [4.78, 5) is 11.0. The van der Waals surface area contributed by atoms with Gasteiger partial charge in [-0.15, -0.1) is 0 Å². The van der Waals surface area contributed by atoms with Crippen LogP contribution in [-0.2, 0) is 0 Å². The molecule has 118 valence electrons. The molecule has 0 aromatic carbocycles. The Kier molecular flexibility index (Phi) is 3.91. The highest BCUT2D eigenvalue weighted by Gasteiger charge is 2.38. The van der Waals surface area contributed by atoms with Crippen molar-refractivity contribution >= 4 is 16.7 Å². The maximum atomic E-state index is 9.89. The molecule has 0 bridgehead atoms. The van der Waals surface area contributed by atoms with Gasteiger partial charge in [0.25, 0.3) is 0 Å². The monoisotopic (exact) mass is 301 g/mol. The number of pyridine rings is 2. The van der Waals surface area contributed by atoms with Crippen molar-refractivity contribution in [3.05, 3.63) is 24.5 Å². The molecule has 0 aliphatic carbocycles. The van der Waals surface area contributed by atoms with E-state index >= 15 is 0 Å². The zero-order chi connectivity index (χ0) is 15.7. The highest BCUT2D eigenvalue weighted by atomic mass is 16.5. The highest BCUT2D eigenvalue weighted by molar-refractivity contribution is 5.89. The van der Waals surface area contributed by atoms with Crippen molar-refractivity contribution in [2.45, 2.75) is 32.8 Å². The van der Waals surface area contributed by atoms with Gasteiger partial charge in [-0.1, -0.05) is 13.8 Å². The van der Waals surface area contributed by atoms with Crippen LogP contribution in [0.1, 0.15) is 27.2 Å². The largest absolute Gasteiger partial charge is 0.492 e. The average Bonchev–Trinajstić information content (AvgIpc) is 2.43. The first kappa shape index (κ1) is 15.0. The van der Waals surface area contributed by atoms with Gasteiger partial charge in [0.05, 0.1) is 18.4 Å². The number of hydrogen-bond donors (Lipinski definition) is 1. The first-order valence-corrected chi connectivity index (χ1v) is 7.79. The Balaban J connectivity index is 1.79.